The summed E-state index contributed by atoms with van der Waals surface area (Å²) >= 11 is 0. The third-order valence-electron chi connectivity index (χ3n) is 3.56. The lowest BCUT2D eigenvalue weighted by molar-refractivity contribution is 0.165. The highest BCUT2D eigenvalue weighted by atomic mass is 15.5. The summed E-state index contributed by atoms with van der Waals surface area (Å²) in [6.45, 7) is 3.34. The highest BCUT2D eigenvalue weighted by Crippen LogP contribution is 2.32. The Bertz CT molecular complexity index is 319. The van der Waals surface area contributed by atoms with Crippen LogP contribution in [0, 0.1) is 5.92 Å². The van der Waals surface area contributed by atoms with E-state index < -0.39 is 0 Å². The van der Waals surface area contributed by atoms with E-state index in [2.05, 4.69) is 20.4 Å². The number of piperidine rings is 1. The SMILES string of the molecule is c1cnc(C2CNN3CCC2CC3)nc1. The first-order valence-corrected chi connectivity index (χ1v) is 5.69. The Kier molecular flexibility index (Phi) is 2.38. The predicted octanol–water partition coefficient (Wildman–Crippen LogP) is 0.790. The maximum atomic E-state index is 4.39. The van der Waals surface area contributed by atoms with E-state index >= 15 is 0 Å². The normalized spacial score (nSPS) is 35.1. The molecule has 0 amide bonds. The number of rotatable bonds is 1. The van der Waals surface area contributed by atoms with Crippen molar-refractivity contribution in [2.24, 2.45) is 5.92 Å². The highest BCUT2D eigenvalue weighted by molar-refractivity contribution is 5.03. The zero-order valence-electron chi connectivity index (χ0n) is 8.76. The van der Waals surface area contributed by atoms with Gasteiger partial charge in [0.25, 0.3) is 0 Å². The molecule has 4 heterocycles. The van der Waals surface area contributed by atoms with Gasteiger partial charge in [-0.05, 0) is 24.8 Å². The molecule has 1 unspecified atom stereocenters. The Morgan fingerprint density at radius 3 is 2.67 bits per heavy atom. The Hall–Kier alpha value is -1.00. The smallest absolute Gasteiger partial charge is 0.132 e. The fourth-order valence-electron chi connectivity index (χ4n) is 2.66. The van der Waals surface area contributed by atoms with Crippen LogP contribution in [0.5, 0.6) is 0 Å². The van der Waals surface area contributed by atoms with E-state index in [9.17, 15) is 0 Å². The minimum Gasteiger partial charge on any atom is -0.254 e. The maximum Gasteiger partial charge on any atom is 0.132 e. The van der Waals surface area contributed by atoms with E-state index in [1.165, 1.54) is 25.9 Å². The van der Waals surface area contributed by atoms with E-state index in [1.54, 1.807) is 0 Å². The van der Waals surface area contributed by atoms with Gasteiger partial charge in [0, 0.05) is 37.9 Å². The molecule has 3 saturated heterocycles. The van der Waals surface area contributed by atoms with Crippen molar-refractivity contribution < 1.29 is 0 Å². The van der Waals surface area contributed by atoms with Crippen LogP contribution < -0.4 is 5.43 Å². The molecule has 0 saturated carbocycles. The summed E-state index contributed by atoms with van der Waals surface area (Å²) in [5, 5.41) is 2.33. The summed E-state index contributed by atoms with van der Waals surface area (Å²) in [4.78, 5) is 8.78. The summed E-state index contributed by atoms with van der Waals surface area (Å²) in [6, 6.07) is 1.88. The van der Waals surface area contributed by atoms with E-state index in [1.807, 2.05) is 18.5 Å². The minimum absolute atomic E-state index is 0.499. The molecule has 3 aliphatic heterocycles. The first-order valence-electron chi connectivity index (χ1n) is 5.69. The van der Waals surface area contributed by atoms with Crippen molar-refractivity contribution in [1.29, 1.82) is 0 Å². The van der Waals surface area contributed by atoms with Gasteiger partial charge in [-0.3, -0.25) is 5.43 Å². The molecule has 0 aliphatic carbocycles. The van der Waals surface area contributed by atoms with E-state index in [-0.39, 0.29) is 0 Å². The third kappa shape index (κ3) is 1.75. The number of aromatic nitrogens is 2. The quantitative estimate of drug-likeness (QED) is 0.734. The van der Waals surface area contributed by atoms with E-state index in [0.717, 1.165) is 18.3 Å². The van der Waals surface area contributed by atoms with E-state index in [0.29, 0.717) is 5.92 Å². The molecule has 4 nitrogen and oxygen atoms in total. The topological polar surface area (TPSA) is 41.1 Å². The fourth-order valence-corrected chi connectivity index (χ4v) is 2.66. The second kappa shape index (κ2) is 3.87. The predicted molar refractivity (Wildman–Crippen MR) is 57.1 cm³/mol. The maximum absolute atomic E-state index is 4.39. The molecule has 0 radical (unpaired) electrons. The zero-order chi connectivity index (χ0) is 10.1. The summed E-state index contributed by atoms with van der Waals surface area (Å²) < 4.78 is 0. The first kappa shape index (κ1) is 9.24. The number of hydrogen-bond acceptors (Lipinski definition) is 4. The van der Waals surface area contributed by atoms with Crippen LogP contribution in [-0.2, 0) is 0 Å². The molecule has 0 spiro atoms. The van der Waals surface area contributed by atoms with Gasteiger partial charge in [-0.1, -0.05) is 0 Å². The molecular formula is C11H16N4. The van der Waals surface area contributed by atoms with Crippen LogP contribution in [-0.4, -0.2) is 34.6 Å². The van der Waals surface area contributed by atoms with Gasteiger partial charge in [0.05, 0.1) is 0 Å². The van der Waals surface area contributed by atoms with Crippen LogP contribution in [0.3, 0.4) is 0 Å². The van der Waals surface area contributed by atoms with Crippen molar-refractivity contribution in [2.75, 3.05) is 19.6 Å². The Morgan fingerprint density at radius 2 is 1.93 bits per heavy atom. The molecule has 15 heavy (non-hydrogen) atoms. The number of nitrogens with one attached hydrogen (secondary N) is 1. The van der Waals surface area contributed by atoms with Gasteiger partial charge >= 0.3 is 0 Å². The Balaban J connectivity index is 1.86. The van der Waals surface area contributed by atoms with Gasteiger partial charge in [-0.25, -0.2) is 15.0 Å². The summed E-state index contributed by atoms with van der Waals surface area (Å²) in [5.41, 5.74) is 3.47. The number of hydrazine groups is 1. The number of nitrogens with zero attached hydrogens (tertiary/aromatic N) is 3. The molecular weight excluding hydrogens is 188 g/mol. The van der Waals surface area contributed by atoms with Crippen molar-refractivity contribution in [3.8, 4) is 0 Å². The Morgan fingerprint density at radius 1 is 1.20 bits per heavy atom. The molecule has 4 rings (SSSR count). The monoisotopic (exact) mass is 204 g/mol. The van der Waals surface area contributed by atoms with Crippen LogP contribution in [0.1, 0.15) is 24.6 Å². The second-order valence-corrected chi connectivity index (χ2v) is 4.40. The van der Waals surface area contributed by atoms with Crippen LogP contribution in [0.4, 0.5) is 0 Å². The Labute approximate surface area is 89.7 Å². The van der Waals surface area contributed by atoms with Gasteiger partial charge in [-0.15, -0.1) is 0 Å². The van der Waals surface area contributed by atoms with E-state index in [4.69, 9.17) is 0 Å². The second-order valence-electron chi connectivity index (χ2n) is 4.40. The lowest BCUT2D eigenvalue weighted by Crippen LogP contribution is -2.39. The molecule has 4 heteroatoms. The summed E-state index contributed by atoms with van der Waals surface area (Å²) in [6.07, 6.45) is 6.24. The molecule has 0 aromatic carbocycles. The first-order chi connectivity index (χ1) is 7.43. The lowest BCUT2D eigenvalue weighted by Gasteiger charge is -2.27. The number of fused-ring (bicyclic) bond motifs is 4. The molecule has 2 bridgehead atoms. The largest absolute Gasteiger partial charge is 0.254 e. The molecule has 80 valence electrons. The molecule has 1 atom stereocenters. The van der Waals surface area contributed by atoms with Gasteiger partial charge in [0.1, 0.15) is 5.82 Å². The molecule has 3 aliphatic rings. The van der Waals surface area contributed by atoms with Crippen molar-refractivity contribution in [3.05, 3.63) is 24.3 Å². The minimum atomic E-state index is 0.499. The van der Waals surface area contributed by atoms with Gasteiger partial charge < -0.3 is 0 Å². The average molecular weight is 204 g/mol. The van der Waals surface area contributed by atoms with Gasteiger partial charge in [0.15, 0.2) is 0 Å². The standard InChI is InChI=1S/C11H16N4/c1-4-12-11(13-5-1)10-8-14-15-6-2-9(10)3-7-15/h1,4-5,9-10,14H,2-3,6-8H2. The van der Waals surface area contributed by atoms with Crippen molar-refractivity contribution in [2.45, 2.75) is 18.8 Å². The van der Waals surface area contributed by atoms with Crippen LogP contribution in [0.25, 0.3) is 0 Å². The zero-order valence-corrected chi connectivity index (χ0v) is 8.76. The van der Waals surface area contributed by atoms with Crippen LogP contribution >= 0.6 is 0 Å². The van der Waals surface area contributed by atoms with Crippen molar-refractivity contribution >= 4 is 0 Å². The average Bonchev–Trinajstić information content (AvgIpc) is 2.63. The molecule has 1 aromatic rings. The highest BCUT2D eigenvalue weighted by Gasteiger charge is 2.32. The van der Waals surface area contributed by atoms with Crippen molar-refractivity contribution in [1.82, 2.24) is 20.4 Å². The van der Waals surface area contributed by atoms with Crippen LogP contribution in [0.2, 0.25) is 0 Å². The third-order valence-corrected chi connectivity index (χ3v) is 3.56. The van der Waals surface area contributed by atoms with Gasteiger partial charge in [-0.2, -0.15) is 0 Å². The molecule has 1 aromatic heterocycles. The summed E-state index contributed by atoms with van der Waals surface area (Å²) in [5.74, 6) is 2.27. The molecule has 3 fully saturated rings. The summed E-state index contributed by atoms with van der Waals surface area (Å²) in [7, 11) is 0. The fraction of sp³-hybridized carbons (Fsp3) is 0.636. The van der Waals surface area contributed by atoms with Crippen LogP contribution in [0.15, 0.2) is 18.5 Å². The number of hydrogen-bond donors (Lipinski definition) is 1. The lowest BCUT2D eigenvalue weighted by atomic mass is 9.85. The van der Waals surface area contributed by atoms with Gasteiger partial charge in [0.2, 0.25) is 0 Å². The molecule has 1 N–H and O–H groups in total. The van der Waals surface area contributed by atoms with Crippen molar-refractivity contribution in [3.63, 3.8) is 0 Å².